The minimum Gasteiger partial charge on any atom is -0.455 e. The lowest BCUT2D eigenvalue weighted by Gasteiger charge is -2.26. The summed E-state index contributed by atoms with van der Waals surface area (Å²) < 4.78 is 5.24. The van der Waals surface area contributed by atoms with Gasteiger partial charge in [-0.25, -0.2) is 4.79 Å². The minimum absolute atomic E-state index is 0.109. The first-order valence-electron chi connectivity index (χ1n) is 7.81. The molecule has 130 valence electrons. The largest absolute Gasteiger partial charge is 0.455 e. The summed E-state index contributed by atoms with van der Waals surface area (Å²) in [5.41, 5.74) is 0.429. The molecule has 2 rings (SSSR count). The van der Waals surface area contributed by atoms with Gasteiger partial charge < -0.3 is 14.5 Å². The Bertz CT molecular complexity index is 637. The molecule has 1 aromatic rings. The van der Waals surface area contributed by atoms with E-state index in [1.165, 1.54) is 0 Å². The van der Waals surface area contributed by atoms with E-state index in [2.05, 4.69) is 10.1 Å². The predicted molar refractivity (Wildman–Crippen MR) is 88.2 cm³/mol. The van der Waals surface area contributed by atoms with Gasteiger partial charge in [0.15, 0.2) is 5.71 Å². The smallest absolute Gasteiger partial charge is 0.356 e. The molecule has 1 aliphatic heterocycles. The molecule has 2 heterocycles. The fourth-order valence-corrected chi connectivity index (χ4v) is 2.23. The first-order chi connectivity index (χ1) is 11.2. The summed E-state index contributed by atoms with van der Waals surface area (Å²) in [6.07, 6.45) is 2.69. The van der Waals surface area contributed by atoms with Crippen LogP contribution in [0.3, 0.4) is 0 Å². The molecule has 0 saturated carbocycles. The molecule has 0 N–H and O–H groups in total. The van der Waals surface area contributed by atoms with Crippen LogP contribution in [0.4, 0.5) is 0 Å². The summed E-state index contributed by atoms with van der Waals surface area (Å²) in [7, 11) is 1.69. The molecule has 0 bridgehead atoms. The highest BCUT2D eigenvalue weighted by Gasteiger charge is 2.36. The molecule has 0 spiro atoms. The van der Waals surface area contributed by atoms with Gasteiger partial charge in [-0.2, -0.15) is 0 Å². The number of pyridine rings is 1. The highest BCUT2D eigenvalue weighted by molar-refractivity contribution is 6.37. The fraction of sp³-hybridized carbons (Fsp3) is 0.529. The van der Waals surface area contributed by atoms with Gasteiger partial charge in [0.2, 0.25) is 6.10 Å². The van der Waals surface area contributed by atoms with E-state index in [1.54, 1.807) is 45.1 Å². The molecule has 0 fully saturated rings. The van der Waals surface area contributed by atoms with Crippen molar-refractivity contribution in [2.45, 2.75) is 51.9 Å². The molecule has 1 amide bonds. The summed E-state index contributed by atoms with van der Waals surface area (Å²) >= 11 is 0. The second kappa shape index (κ2) is 6.98. The van der Waals surface area contributed by atoms with Crippen LogP contribution in [0.5, 0.6) is 0 Å². The van der Waals surface area contributed by atoms with E-state index >= 15 is 0 Å². The molecule has 2 atom stereocenters. The zero-order valence-corrected chi connectivity index (χ0v) is 14.6. The summed E-state index contributed by atoms with van der Waals surface area (Å²) in [6, 6.07) is 3.56. The van der Waals surface area contributed by atoms with E-state index in [-0.39, 0.29) is 24.1 Å². The number of nitrogens with zero attached hydrogens (tertiary/aromatic N) is 3. The van der Waals surface area contributed by atoms with Crippen LogP contribution >= 0.6 is 0 Å². The van der Waals surface area contributed by atoms with Crippen molar-refractivity contribution >= 4 is 17.6 Å². The van der Waals surface area contributed by atoms with E-state index in [4.69, 9.17) is 9.57 Å². The minimum atomic E-state index is -0.809. The van der Waals surface area contributed by atoms with Crippen molar-refractivity contribution in [2.24, 2.45) is 5.16 Å². The number of hydrogen-bond acceptors (Lipinski definition) is 6. The molecule has 0 radical (unpaired) electrons. The van der Waals surface area contributed by atoms with Crippen LogP contribution in [-0.2, 0) is 19.2 Å². The predicted octanol–water partition coefficient (Wildman–Crippen LogP) is 2.09. The first-order valence-corrected chi connectivity index (χ1v) is 7.81. The Kier molecular flexibility index (Phi) is 5.21. The lowest BCUT2D eigenvalue weighted by Crippen LogP contribution is -2.39. The number of oxime groups is 1. The second-order valence-electron chi connectivity index (χ2n) is 6.75. The number of aromatic nitrogens is 1. The third-order valence-electron chi connectivity index (χ3n) is 3.67. The molecule has 0 aliphatic carbocycles. The van der Waals surface area contributed by atoms with Gasteiger partial charge in [0, 0.05) is 25.9 Å². The van der Waals surface area contributed by atoms with Gasteiger partial charge in [0.1, 0.15) is 5.60 Å². The van der Waals surface area contributed by atoms with Crippen molar-refractivity contribution in [2.75, 3.05) is 7.05 Å². The van der Waals surface area contributed by atoms with Crippen LogP contribution < -0.4 is 0 Å². The third-order valence-corrected chi connectivity index (χ3v) is 3.67. The lowest BCUT2D eigenvalue weighted by atomic mass is 10.1. The zero-order valence-electron chi connectivity index (χ0n) is 14.6. The summed E-state index contributed by atoms with van der Waals surface area (Å²) in [4.78, 5) is 35.3. The van der Waals surface area contributed by atoms with Gasteiger partial charge in [-0.3, -0.25) is 9.78 Å². The summed E-state index contributed by atoms with van der Waals surface area (Å²) in [5, 5.41) is 3.72. The molecule has 7 heteroatoms. The Balaban J connectivity index is 1.96. The SMILES string of the molecule is C[C@H](c1cccnc1)N(C)C(=O)[C@@H]1CC(C(=O)OC(C)(C)C)=NO1. The van der Waals surface area contributed by atoms with Crippen molar-refractivity contribution < 1.29 is 19.2 Å². The van der Waals surface area contributed by atoms with E-state index in [1.807, 2.05) is 19.1 Å². The Hall–Kier alpha value is -2.44. The Morgan fingerprint density at radius 2 is 2.12 bits per heavy atom. The quantitative estimate of drug-likeness (QED) is 0.788. The van der Waals surface area contributed by atoms with Gasteiger partial charge in [-0.15, -0.1) is 0 Å². The average Bonchev–Trinajstić information content (AvgIpc) is 3.02. The Labute approximate surface area is 141 Å². The second-order valence-corrected chi connectivity index (χ2v) is 6.75. The van der Waals surface area contributed by atoms with E-state index in [0.29, 0.717) is 0 Å². The Morgan fingerprint density at radius 3 is 2.71 bits per heavy atom. The van der Waals surface area contributed by atoms with Crippen molar-refractivity contribution in [1.82, 2.24) is 9.88 Å². The molecular formula is C17H23N3O4. The molecule has 1 aliphatic rings. The molecular weight excluding hydrogens is 310 g/mol. The van der Waals surface area contributed by atoms with E-state index in [9.17, 15) is 9.59 Å². The zero-order chi connectivity index (χ0) is 17.9. The highest BCUT2D eigenvalue weighted by Crippen LogP contribution is 2.22. The number of amides is 1. The number of carbonyl (C=O) groups excluding carboxylic acids is 2. The van der Waals surface area contributed by atoms with Crippen molar-refractivity contribution in [3.63, 3.8) is 0 Å². The van der Waals surface area contributed by atoms with Gasteiger partial charge in [0.25, 0.3) is 5.91 Å². The number of rotatable bonds is 4. The van der Waals surface area contributed by atoms with Gasteiger partial charge >= 0.3 is 5.97 Å². The van der Waals surface area contributed by atoms with E-state index < -0.39 is 17.7 Å². The van der Waals surface area contributed by atoms with Crippen LogP contribution in [0, 0.1) is 0 Å². The molecule has 0 saturated heterocycles. The van der Waals surface area contributed by atoms with E-state index in [0.717, 1.165) is 5.56 Å². The number of carbonyl (C=O) groups is 2. The highest BCUT2D eigenvalue weighted by atomic mass is 16.7. The monoisotopic (exact) mass is 333 g/mol. The Morgan fingerprint density at radius 1 is 1.42 bits per heavy atom. The maximum absolute atomic E-state index is 12.6. The number of likely N-dealkylation sites (N-methyl/N-ethyl adjacent to an activating group) is 1. The van der Waals surface area contributed by atoms with Crippen LogP contribution in [0.1, 0.15) is 45.7 Å². The van der Waals surface area contributed by atoms with Crippen LogP contribution in [-0.4, -0.2) is 46.2 Å². The average molecular weight is 333 g/mol. The number of esters is 1. The van der Waals surface area contributed by atoms with Crippen LogP contribution in [0.2, 0.25) is 0 Å². The molecule has 0 aromatic carbocycles. The van der Waals surface area contributed by atoms with Gasteiger partial charge in [0.05, 0.1) is 6.04 Å². The molecule has 0 unspecified atom stereocenters. The number of hydrogen-bond donors (Lipinski definition) is 0. The molecule has 1 aromatic heterocycles. The molecule has 7 nitrogen and oxygen atoms in total. The maximum atomic E-state index is 12.6. The van der Waals surface area contributed by atoms with Gasteiger partial charge in [-0.1, -0.05) is 11.2 Å². The van der Waals surface area contributed by atoms with Crippen LogP contribution in [0.25, 0.3) is 0 Å². The summed E-state index contributed by atoms with van der Waals surface area (Å²) in [6.45, 7) is 7.22. The van der Waals surface area contributed by atoms with Crippen molar-refractivity contribution in [1.29, 1.82) is 0 Å². The number of ether oxygens (including phenoxy) is 1. The van der Waals surface area contributed by atoms with Crippen LogP contribution in [0.15, 0.2) is 29.7 Å². The van der Waals surface area contributed by atoms with Crippen molar-refractivity contribution in [3.05, 3.63) is 30.1 Å². The lowest BCUT2D eigenvalue weighted by molar-refractivity contribution is -0.146. The van der Waals surface area contributed by atoms with Gasteiger partial charge in [-0.05, 0) is 39.3 Å². The normalized spacial score (nSPS) is 18.4. The van der Waals surface area contributed by atoms with Crippen molar-refractivity contribution in [3.8, 4) is 0 Å². The maximum Gasteiger partial charge on any atom is 0.356 e. The first kappa shape index (κ1) is 17.9. The topological polar surface area (TPSA) is 81.1 Å². The summed E-state index contributed by atoms with van der Waals surface area (Å²) in [5.74, 6) is -0.797. The third kappa shape index (κ3) is 4.31. The standard InChI is InChI=1S/C17H23N3O4/c1-11(12-7-6-8-18-10-12)20(5)15(21)14-9-13(19-24-14)16(22)23-17(2,3)4/h6-8,10-11,14H,9H2,1-5H3/t11-,14+/m1/s1. The fourth-order valence-electron chi connectivity index (χ4n) is 2.23. The molecule has 24 heavy (non-hydrogen) atoms.